The van der Waals surface area contributed by atoms with E-state index in [2.05, 4.69) is 0 Å². The van der Waals surface area contributed by atoms with Gasteiger partial charge in [-0.2, -0.15) is 0 Å². The van der Waals surface area contributed by atoms with Crippen LogP contribution >= 0.6 is 0 Å². The Kier molecular flexibility index (Phi) is 4.84. The highest BCUT2D eigenvalue weighted by atomic mass is 32.2. The molecular weight excluding hydrogens is 250 g/mol. The van der Waals surface area contributed by atoms with Crippen LogP contribution in [0.4, 0.5) is 0 Å². The molecule has 1 aliphatic carbocycles. The van der Waals surface area contributed by atoms with Gasteiger partial charge >= 0.3 is 0 Å². The second-order valence-electron chi connectivity index (χ2n) is 6.69. The van der Waals surface area contributed by atoms with E-state index >= 15 is 0 Å². The normalized spacial score (nSPS) is 20.7. The molecule has 1 fully saturated rings. The maximum Gasteiger partial charge on any atom is 0.155 e. The predicted molar refractivity (Wildman–Crippen MR) is 74.1 cm³/mol. The first-order valence-corrected chi connectivity index (χ1v) is 8.34. The molecule has 1 rings (SSSR count). The van der Waals surface area contributed by atoms with Crippen molar-refractivity contribution in [3.63, 3.8) is 0 Å². The fourth-order valence-corrected chi connectivity index (χ4v) is 3.40. The van der Waals surface area contributed by atoms with E-state index in [1.807, 2.05) is 0 Å². The lowest BCUT2D eigenvalue weighted by Gasteiger charge is -2.32. The average Bonchev–Trinajstić information content (AvgIpc) is 3.06. The summed E-state index contributed by atoms with van der Waals surface area (Å²) in [5.74, 6) is 0.749. The highest BCUT2D eigenvalue weighted by Gasteiger charge is 2.38. The summed E-state index contributed by atoms with van der Waals surface area (Å²) in [6.45, 7) is 5.49. The number of sulfone groups is 1. The molecule has 0 aromatic carbocycles. The summed E-state index contributed by atoms with van der Waals surface area (Å²) < 4.78 is 23.5. The van der Waals surface area contributed by atoms with Gasteiger partial charge in [0.1, 0.15) is 0 Å². The minimum atomic E-state index is -3.13. The van der Waals surface area contributed by atoms with Crippen LogP contribution in [0.15, 0.2) is 0 Å². The van der Waals surface area contributed by atoms with Crippen molar-refractivity contribution in [3.05, 3.63) is 0 Å². The molecule has 1 aliphatic rings. The largest absolute Gasteiger partial charge is 0.396 e. The molecule has 0 aromatic heterocycles. The molecule has 1 atom stereocenters. The molecule has 4 nitrogen and oxygen atoms in total. The van der Waals surface area contributed by atoms with Gasteiger partial charge in [0.2, 0.25) is 0 Å². The second-order valence-corrected chi connectivity index (χ2v) is 9.55. The van der Waals surface area contributed by atoms with Crippen molar-refractivity contribution in [1.29, 1.82) is 0 Å². The van der Waals surface area contributed by atoms with E-state index in [1.54, 1.807) is 20.8 Å². The average molecular weight is 277 g/mol. The molecular formula is C13H27NO3S. The summed E-state index contributed by atoms with van der Waals surface area (Å²) in [5.41, 5.74) is 5.37. The summed E-state index contributed by atoms with van der Waals surface area (Å²) in [4.78, 5) is 0. The third kappa shape index (κ3) is 3.93. The lowest BCUT2D eigenvalue weighted by Crippen LogP contribution is -2.39. The van der Waals surface area contributed by atoms with Gasteiger partial charge in [-0.25, -0.2) is 8.42 Å². The molecule has 0 spiro atoms. The van der Waals surface area contributed by atoms with E-state index in [4.69, 9.17) is 5.73 Å². The molecule has 0 bridgehead atoms. The molecule has 1 unspecified atom stereocenters. The van der Waals surface area contributed by atoms with Gasteiger partial charge in [-0.3, -0.25) is 0 Å². The van der Waals surface area contributed by atoms with Crippen molar-refractivity contribution >= 4 is 9.84 Å². The predicted octanol–water partition coefficient (Wildman–Crippen LogP) is 1.33. The number of hydrogen-bond donors (Lipinski definition) is 2. The van der Waals surface area contributed by atoms with E-state index in [0.29, 0.717) is 18.9 Å². The van der Waals surface area contributed by atoms with Crippen LogP contribution in [0.3, 0.4) is 0 Å². The number of aliphatic hydroxyl groups is 1. The van der Waals surface area contributed by atoms with Gasteiger partial charge in [-0.1, -0.05) is 12.8 Å². The van der Waals surface area contributed by atoms with Crippen LogP contribution in [0, 0.1) is 11.3 Å². The molecule has 0 saturated heterocycles. The minimum absolute atomic E-state index is 0.0142. The van der Waals surface area contributed by atoms with E-state index in [9.17, 15) is 13.5 Å². The first-order chi connectivity index (χ1) is 8.16. The van der Waals surface area contributed by atoms with Crippen molar-refractivity contribution in [2.24, 2.45) is 17.1 Å². The Morgan fingerprint density at radius 1 is 1.28 bits per heavy atom. The Morgan fingerprint density at radius 2 is 1.83 bits per heavy atom. The van der Waals surface area contributed by atoms with Crippen LogP contribution in [0.2, 0.25) is 0 Å². The topological polar surface area (TPSA) is 80.4 Å². The summed E-state index contributed by atoms with van der Waals surface area (Å²) in [6.07, 6.45) is 3.71. The zero-order valence-electron chi connectivity index (χ0n) is 11.8. The quantitative estimate of drug-likeness (QED) is 0.735. The van der Waals surface area contributed by atoms with Gasteiger partial charge in [0.05, 0.1) is 10.5 Å². The molecule has 5 heteroatoms. The van der Waals surface area contributed by atoms with Crippen LogP contribution in [-0.4, -0.2) is 37.2 Å². The summed E-state index contributed by atoms with van der Waals surface area (Å²) in [5, 5.41) is 9.58. The standard InChI is InChI=1S/C13H27NO3S/c1-12(2,3)18(16,17)7-6-13(9-14,10-15)8-11-4-5-11/h11,15H,4-10,14H2,1-3H3. The lowest BCUT2D eigenvalue weighted by atomic mass is 9.81. The fraction of sp³-hybridized carbons (Fsp3) is 1.00. The van der Waals surface area contributed by atoms with E-state index in [0.717, 1.165) is 6.42 Å². The third-order valence-electron chi connectivity index (χ3n) is 4.02. The molecule has 0 aliphatic heterocycles. The van der Waals surface area contributed by atoms with Crippen molar-refractivity contribution in [1.82, 2.24) is 0 Å². The number of nitrogens with two attached hydrogens (primary N) is 1. The van der Waals surface area contributed by atoms with Crippen LogP contribution in [0.1, 0.15) is 46.5 Å². The Hall–Kier alpha value is -0.130. The van der Waals surface area contributed by atoms with Crippen molar-refractivity contribution in [2.45, 2.75) is 51.2 Å². The van der Waals surface area contributed by atoms with Crippen LogP contribution in [0.5, 0.6) is 0 Å². The zero-order chi connectivity index (χ0) is 14.0. The van der Waals surface area contributed by atoms with E-state index in [1.165, 1.54) is 12.8 Å². The molecule has 0 aromatic rings. The number of hydrogen-bond acceptors (Lipinski definition) is 4. The highest BCUT2D eigenvalue weighted by molar-refractivity contribution is 7.92. The zero-order valence-corrected chi connectivity index (χ0v) is 12.6. The van der Waals surface area contributed by atoms with Gasteiger partial charge in [0, 0.05) is 18.6 Å². The monoisotopic (exact) mass is 277 g/mol. The van der Waals surface area contributed by atoms with Crippen LogP contribution in [0.25, 0.3) is 0 Å². The molecule has 108 valence electrons. The first kappa shape index (κ1) is 15.9. The van der Waals surface area contributed by atoms with Crippen molar-refractivity contribution in [2.75, 3.05) is 18.9 Å². The van der Waals surface area contributed by atoms with Crippen LogP contribution in [-0.2, 0) is 9.84 Å². The maximum absolute atomic E-state index is 12.1. The van der Waals surface area contributed by atoms with Crippen LogP contribution < -0.4 is 5.73 Å². The summed E-state index contributed by atoms with van der Waals surface area (Å²) in [7, 11) is -3.13. The van der Waals surface area contributed by atoms with Gasteiger partial charge in [-0.05, 0) is 39.5 Å². The summed E-state index contributed by atoms with van der Waals surface area (Å²) >= 11 is 0. The van der Waals surface area contributed by atoms with E-state index in [-0.39, 0.29) is 12.4 Å². The molecule has 18 heavy (non-hydrogen) atoms. The molecule has 0 radical (unpaired) electrons. The molecule has 3 N–H and O–H groups in total. The third-order valence-corrected chi connectivity index (χ3v) is 6.63. The molecule has 1 saturated carbocycles. The number of rotatable bonds is 7. The first-order valence-electron chi connectivity index (χ1n) is 6.69. The summed E-state index contributed by atoms with van der Waals surface area (Å²) in [6, 6.07) is 0. The Morgan fingerprint density at radius 3 is 2.17 bits per heavy atom. The smallest absolute Gasteiger partial charge is 0.155 e. The maximum atomic E-state index is 12.1. The van der Waals surface area contributed by atoms with Crippen molar-refractivity contribution in [3.8, 4) is 0 Å². The van der Waals surface area contributed by atoms with Crippen molar-refractivity contribution < 1.29 is 13.5 Å². The Labute approximate surface area is 111 Å². The van der Waals surface area contributed by atoms with Gasteiger partial charge in [0.25, 0.3) is 0 Å². The van der Waals surface area contributed by atoms with Gasteiger partial charge in [-0.15, -0.1) is 0 Å². The second kappa shape index (κ2) is 5.47. The Bertz CT molecular complexity index is 362. The molecule has 0 amide bonds. The molecule has 0 heterocycles. The highest BCUT2D eigenvalue weighted by Crippen LogP contribution is 2.42. The SMILES string of the molecule is CC(C)(C)S(=O)(=O)CCC(CN)(CO)CC1CC1. The van der Waals surface area contributed by atoms with E-state index < -0.39 is 20.0 Å². The van der Waals surface area contributed by atoms with Gasteiger partial charge in [0.15, 0.2) is 9.84 Å². The minimum Gasteiger partial charge on any atom is -0.396 e. The Balaban J connectivity index is 2.67. The van der Waals surface area contributed by atoms with Gasteiger partial charge < -0.3 is 10.8 Å². The lowest BCUT2D eigenvalue weighted by molar-refractivity contribution is 0.112. The number of aliphatic hydroxyl groups excluding tert-OH is 1. The fourth-order valence-electron chi connectivity index (χ4n) is 2.09.